The Labute approximate surface area is 145 Å². The highest BCUT2D eigenvalue weighted by Crippen LogP contribution is 2.30. The Balaban J connectivity index is 1.72. The zero-order valence-electron chi connectivity index (χ0n) is 14.3. The standard InChI is InChI=1S/C20H21NO4/c1-2-3-5-14-10-19(22)25-20-16(14)7-8-18-17(20)12-21(13-24-18)11-15-6-4-9-23-15/h4,6-10H,2-3,5,11-13H2,1H3/p+1. The molecule has 25 heavy (non-hydrogen) atoms. The summed E-state index contributed by atoms with van der Waals surface area (Å²) in [4.78, 5) is 13.3. The second kappa shape index (κ2) is 6.76. The van der Waals surface area contributed by atoms with Crippen molar-refractivity contribution in [2.45, 2.75) is 39.3 Å². The van der Waals surface area contributed by atoms with Crippen molar-refractivity contribution in [3.8, 4) is 5.75 Å². The van der Waals surface area contributed by atoms with Gasteiger partial charge in [-0.25, -0.2) is 4.79 Å². The molecule has 1 unspecified atom stereocenters. The van der Waals surface area contributed by atoms with Gasteiger partial charge < -0.3 is 13.6 Å². The number of furan rings is 1. The molecule has 3 heterocycles. The second-order valence-electron chi connectivity index (χ2n) is 6.58. The molecule has 0 aliphatic carbocycles. The van der Waals surface area contributed by atoms with Crippen LogP contribution in [0.3, 0.4) is 0 Å². The maximum atomic E-state index is 12.1. The normalized spacial score (nSPS) is 16.6. The monoisotopic (exact) mass is 340 g/mol. The summed E-state index contributed by atoms with van der Waals surface area (Å²) in [6.45, 7) is 4.20. The van der Waals surface area contributed by atoms with Gasteiger partial charge in [0, 0.05) is 11.5 Å². The number of fused-ring (bicyclic) bond motifs is 3. The predicted octanol–water partition coefficient (Wildman–Crippen LogP) is 2.66. The highest BCUT2D eigenvalue weighted by atomic mass is 16.5. The fourth-order valence-corrected chi connectivity index (χ4v) is 3.46. The summed E-state index contributed by atoms with van der Waals surface area (Å²) in [6, 6.07) is 9.49. The van der Waals surface area contributed by atoms with Crippen LogP contribution in [-0.4, -0.2) is 6.73 Å². The molecule has 1 aliphatic rings. The minimum Gasteiger partial charge on any atom is -0.463 e. The van der Waals surface area contributed by atoms with E-state index >= 15 is 0 Å². The SMILES string of the molecule is CCCCc1cc(=O)oc2c3c(ccc12)OC[NH+](Cc1ccco1)C3. The molecule has 1 aromatic carbocycles. The zero-order valence-corrected chi connectivity index (χ0v) is 14.3. The van der Waals surface area contributed by atoms with Gasteiger partial charge in [-0.1, -0.05) is 13.3 Å². The molecule has 1 aliphatic heterocycles. The largest absolute Gasteiger partial charge is 0.463 e. The smallest absolute Gasteiger partial charge is 0.336 e. The van der Waals surface area contributed by atoms with Gasteiger partial charge >= 0.3 is 5.63 Å². The van der Waals surface area contributed by atoms with Crippen molar-refractivity contribution in [2.24, 2.45) is 0 Å². The van der Waals surface area contributed by atoms with E-state index in [0.29, 0.717) is 12.3 Å². The molecule has 0 saturated heterocycles. The van der Waals surface area contributed by atoms with E-state index in [4.69, 9.17) is 13.6 Å². The minimum absolute atomic E-state index is 0.287. The highest BCUT2D eigenvalue weighted by molar-refractivity contribution is 5.85. The lowest BCUT2D eigenvalue weighted by molar-refractivity contribution is -0.946. The van der Waals surface area contributed by atoms with E-state index in [-0.39, 0.29) is 5.63 Å². The first kappa shape index (κ1) is 16.0. The van der Waals surface area contributed by atoms with Gasteiger partial charge in [0.25, 0.3) is 0 Å². The summed E-state index contributed by atoms with van der Waals surface area (Å²) < 4.78 is 16.9. The summed E-state index contributed by atoms with van der Waals surface area (Å²) >= 11 is 0. The summed E-state index contributed by atoms with van der Waals surface area (Å²) in [6.07, 6.45) is 4.72. The Morgan fingerprint density at radius 3 is 2.96 bits per heavy atom. The Kier molecular flexibility index (Phi) is 4.32. The van der Waals surface area contributed by atoms with E-state index in [1.54, 1.807) is 12.3 Å². The van der Waals surface area contributed by atoms with Gasteiger partial charge in [-0.05, 0) is 42.7 Å². The third-order valence-electron chi connectivity index (χ3n) is 4.72. The molecule has 5 nitrogen and oxygen atoms in total. The van der Waals surface area contributed by atoms with E-state index in [2.05, 4.69) is 6.92 Å². The van der Waals surface area contributed by atoms with Crippen LogP contribution in [0.2, 0.25) is 0 Å². The number of quaternary nitrogens is 1. The molecule has 0 amide bonds. The van der Waals surface area contributed by atoms with Crippen molar-refractivity contribution in [3.63, 3.8) is 0 Å². The lowest BCUT2D eigenvalue weighted by atomic mass is 10.0. The number of aryl methyl sites for hydroxylation is 1. The molecule has 0 radical (unpaired) electrons. The van der Waals surface area contributed by atoms with Crippen LogP contribution in [0.25, 0.3) is 11.0 Å². The molecular weight excluding hydrogens is 318 g/mol. The van der Waals surface area contributed by atoms with Gasteiger partial charge in [-0.15, -0.1) is 0 Å². The zero-order chi connectivity index (χ0) is 17.2. The van der Waals surface area contributed by atoms with Crippen LogP contribution in [0.5, 0.6) is 5.75 Å². The summed E-state index contributed by atoms with van der Waals surface area (Å²) in [5.74, 6) is 1.74. The fraction of sp³-hybridized carbons (Fsp3) is 0.350. The van der Waals surface area contributed by atoms with E-state index in [0.717, 1.165) is 60.4 Å². The van der Waals surface area contributed by atoms with Gasteiger partial charge in [0.05, 0.1) is 11.8 Å². The molecule has 0 saturated carbocycles. The number of hydrogen-bond acceptors (Lipinski definition) is 4. The molecule has 0 bridgehead atoms. The Bertz CT molecular complexity index is 927. The number of ether oxygens (including phenoxy) is 1. The number of unbranched alkanes of at least 4 members (excludes halogenated alkanes) is 1. The molecule has 4 rings (SSSR count). The van der Waals surface area contributed by atoms with Crippen molar-refractivity contribution in [1.82, 2.24) is 0 Å². The van der Waals surface area contributed by atoms with E-state index in [1.165, 1.54) is 4.90 Å². The summed E-state index contributed by atoms with van der Waals surface area (Å²) in [7, 11) is 0. The predicted molar refractivity (Wildman–Crippen MR) is 93.7 cm³/mol. The third-order valence-corrected chi connectivity index (χ3v) is 4.72. The molecular formula is C20H22NO4+. The average molecular weight is 340 g/mol. The lowest BCUT2D eigenvalue weighted by Crippen LogP contribution is -3.10. The Hall–Kier alpha value is -2.53. The average Bonchev–Trinajstić information content (AvgIpc) is 3.12. The fourth-order valence-electron chi connectivity index (χ4n) is 3.46. The maximum Gasteiger partial charge on any atom is 0.336 e. The van der Waals surface area contributed by atoms with Crippen LogP contribution in [0, 0.1) is 0 Å². The molecule has 130 valence electrons. The number of benzene rings is 1. The van der Waals surface area contributed by atoms with Crippen LogP contribution >= 0.6 is 0 Å². The van der Waals surface area contributed by atoms with Crippen molar-refractivity contribution in [2.75, 3.05) is 6.73 Å². The van der Waals surface area contributed by atoms with Crippen molar-refractivity contribution in [1.29, 1.82) is 0 Å². The van der Waals surface area contributed by atoms with E-state index < -0.39 is 0 Å². The van der Waals surface area contributed by atoms with Gasteiger partial charge in [0.1, 0.15) is 18.8 Å². The Morgan fingerprint density at radius 1 is 1.24 bits per heavy atom. The lowest BCUT2D eigenvalue weighted by Gasteiger charge is -2.26. The first-order valence-corrected chi connectivity index (χ1v) is 8.82. The minimum atomic E-state index is -0.287. The quantitative estimate of drug-likeness (QED) is 0.726. The molecule has 1 N–H and O–H groups in total. The number of hydrogen-bond donors (Lipinski definition) is 1. The van der Waals surface area contributed by atoms with Crippen LogP contribution in [0.15, 0.2) is 50.2 Å². The van der Waals surface area contributed by atoms with Gasteiger partial charge in [-0.2, -0.15) is 0 Å². The summed E-state index contributed by atoms with van der Waals surface area (Å²) in [5, 5.41) is 1.02. The van der Waals surface area contributed by atoms with Crippen LogP contribution in [0.4, 0.5) is 0 Å². The van der Waals surface area contributed by atoms with Crippen LogP contribution in [-0.2, 0) is 19.5 Å². The van der Waals surface area contributed by atoms with E-state index in [1.807, 2.05) is 24.3 Å². The van der Waals surface area contributed by atoms with Crippen LogP contribution < -0.4 is 15.3 Å². The maximum absolute atomic E-state index is 12.1. The molecule has 1 atom stereocenters. The van der Waals surface area contributed by atoms with Crippen LogP contribution in [0.1, 0.15) is 36.7 Å². The topological polar surface area (TPSA) is 57.0 Å². The molecule has 5 heteroatoms. The molecule has 3 aromatic rings. The second-order valence-corrected chi connectivity index (χ2v) is 6.58. The first-order chi connectivity index (χ1) is 12.2. The molecule has 2 aromatic heterocycles. The van der Waals surface area contributed by atoms with Gasteiger partial charge in [-0.3, -0.25) is 4.90 Å². The van der Waals surface area contributed by atoms with E-state index in [9.17, 15) is 4.79 Å². The molecule has 0 fully saturated rings. The Morgan fingerprint density at radius 2 is 2.16 bits per heavy atom. The van der Waals surface area contributed by atoms with Crippen molar-refractivity contribution in [3.05, 3.63) is 63.9 Å². The highest BCUT2D eigenvalue weighted by Gasteiger charge is 2.25. The van der Waals surface area contributed by atoms with Gasteiger partial charge in [0.15, 0.2) is 11.3 Å². The van der Waals surface area contributed by atoms with Crippen molar-refractivity contribution >= 4 is 11.0 Å². The number of nitrogens with one attached hydrogen (secondary N) is 1. The molecule has 0 spiro atoms. The third kappa shape index (κ3) is 3.20. The first-order valence-electron chi connectivity index (χ1n) is 8.82. The van der Waals surface area contributed by atoms with Gasteiger partial charge in [0.2, 0.25) is 6.73 Å². The van der Waals surface area contributed by atoms with Crippen molar-refractivity contribution < 1.29 is 18.5 Å². The summed E-state index contributed by atoms with van der Waals surface area (Å²) in [5.41, 5.74) is 2.42. The number of rotatable bonds is 5.